The molecule has 0 N–H and O–H groups in total. The maximum atomic E-state index is 11.1. The first kappa shape index (κ1) is 11.3. The van der Waals surface area contributed by atoms with Crippen molar-refractivity contribution in [2.45, 2.75) is 42.8 Å². The van der Waals surface area contributed by atoms with Crippen LogP contribution in [0.2, 0.25) is 0 Å². The van der Waals surface area contributed by atoms with Crippen LogP contribution in [0.1, 0.15) is 32.6 Å². The number of ether oxygens (including phenoxy) is 1. The van der Waals surface area contributed by atoms with E-state index in [0.29, 0.717) is 10.00 Å². The average Bonchev–Trinajstić information content (AvgIpc) is 2.68. The molecule has 1 heterocycles. The lowest BCUT2D eigenvalue weighted by molar-refractivity contribution is -0.154. The molecule has 90 valence electrons. The van der Waals surface area contributed by atoms with Crippen LogP contribution in [0.4, 0.5) is 0 Å². The summed E-state index contributed by atoms with van der Waals surface area (Å²) in [5, 5.41) is 0. The number of thioether (sulfide) groups is 2. The Balaban J connectivity index is 1.73. The smallest absolute Gasteiger partial charge is 0.302 e. The molecule has 0 amide bonds. The zero-order valence-corrected chi connectivity index (χ0v) is 11.2. The average molecular weight is 258 g/mol. The summed E-state index contributed by atoms with van der Waals surface area (Å²) in [6, 6.07) is 0. The van der Waals surface area contributed by atoms with Crippen LogP contribution in [0.25, 0.3) is 0 Å². The second kappa shape index (κ2) is 4.13. The fourth-order valence-electron chi connectivity index (χ4n) is 3.54. The molecule has 16 heavy (non-hydrogen) atoms. The number of fused-ring (bicyclic) bond motifs is 2. The second-order valence-corrected chi connectivity index (χ2v) is 8.24. The third-order valence-corrected chi connectivity index (χ3v) is 7.95. The van der Waals surface area contributed by atoms with Gasteiger partial charge in [-0.1, -0.05) is 0 Å². The molecular weight excluding hydrogens is 240 g/mol. The molecule has 4 aliphatic rings. The van der Waals surface area contributed by atoms with E-state index in [1.54, 1.807) is 0 Å². The lowest BCUT2D eigenvalue weighted by Gasteiger charge is -2.51. The molecule has 0 aromatic heterocycles. The summed E-state index contributed by atoms with van der Waals surface area (Å²) >= 11 is 4.34. The minimum atomic E-state index is -0.0988. The van der Waals surface area contributed by atoms with Crippen LogP contribution in [-0.4, -0.2) is 27.7 Å². The predicted molar refractivity (Wildman–Crippen MR) is 68.6 cm³/mol. The third kappa shape index (κ3) is 1.78. The Morgan fingerprint density at radius 1 is 1.31 bits per heavy atom. The maximum absolute atomic E-state index is 11.1. The topological polar surface area (TPSA) is 26.3 Å². The number of rotatable bonds is 1. The Hall–Kier alpha value is 0.170. The Kier molecular flexibility index (Phi) is 2.91. The summed E-state index contributed by atoms with van der Waals surface area (Å²) in [5.41, 5.74) is 0. The van der Waals surface area contributed by atoms with Crippen LogP contribution in [-0.2, 0) is 9.53 Å². The van der Waals surface area contributed by atoms with Crippen molar-refractivity contribution in [1.82, 2.24) is 0 Å². The van der Waals surface area contributed by atoms with Gasteiger partial charge in [0.15, 0.2) is 0 Å². The van der Waals surface area contributed by atoms with Crippen molar-refractivity contribution in [3.8, 4) is 0 Å². The first-order valence-corrected chi connectivity index (χ1v) is 8.12. The minimum Gasteiger partial charge on any atom is -0.462 e. The summed E-state index contributed by atoms with van der Waals surface area (Å²) in [6.07, 6.45) is 5.23. The molecule has 2 bridgehead atoms. The molecule has 3 aliphatic carbocycles. The van der Waals surface area contributed by atoms with Crippen LogP contribution in [0, 0.1) is 11.8 Å². The largest absolute Gasteiger partial charge is 0.462 e. The second-order valence-electron chi connectivity index (χ2n) is 5.13. The summed E-state index contributed by atoms with van der Waals surface area (Å²) in [5.74, 6) is 3.93. The molecule has 3 atom stereocenters. The third-order valence-electron chi connectivity index (χ3n) is 4.19. The van der Waals surface area contributed by atoms with Crippen LogP contribution in [0.15, 0.2) is 0 Å². The van der Waals surface area contributed by atoms with Crippen molar-refractivity contribution in [3.63, 3.8) is 0 Å². The fourth-order valence-corrected chi connectivity index (χ4v) is 7.29. The molecule has 4 fully saturated rings. The van der Waals surface area contributed by atoms with Gasteiger partial charge in [-0.15, -0.1) is 23.5 Å². The van der Waals surface area contributed by atoms with E-state index in [-0.39, 0.29) is 12.1 Å². The number of hydrogen-bond acceptors (Lipinski definition) is 4. The van der Waals surface area contributed by atoms with Gasteiger partial charge in [-0.05, 0) is 37.5 Å². The van der Waals surface area contributed by atoms with E-state index in [1.807, 2.05) is 0 Å². The molecule has 0 aromatic rings. The number of carbonyl (C=O) groups excluding carboxylic acids is 1. The van der Waals surface area contributed by atoms with Gasteiger partial charge in [0.1, 0.15) is 6.10 Å². The van der Waals surface area contributed by atoms with Gasteiger partial charge in [-0.25, -0.2) is 0 Å². The standard InChI is InChI=1S/C12H18O2S2/c1-8(13)14-11-6-10-3-2-9(11)7-12(10)15-4-5-16-12/h9-11H,2-7H2,1H3/t9-,10-,11-/m0/s1. The highest BCUT2D eigenvalue weighted by atomic mass is 32.2. The Morgan fingerprint density at radius 2 is 2.06 bits per heavy atom. The molecule has 4 heteroatoms. The first-order valence-electron chi connectivity index (χ1n) is 6.15. The van der Waals surface area contributed by atoms with E-state index in [4.69, 9.17) is 4.74 Å². The van der Waals surface area contributed by atoms with E-state index in [0.717, 1.165) is 12.3 Å². The first-order chi connectivity index (χ1) is 7.70. The van der Waals surface area contributed by atoms with Gasteiger partial charge in [-0.3, -0.25) is 4.79 Å². The molecule has 1 saturated heterocycles. The van der Waals surface area contributed by atoms with Crippen molar-refractivity contribution in [3.05, 3.63) is 0 Å². The predicted octanol–water partition coefficient (Wildman–Crippen LogP) is 2.91. The summed E-state index contributed by atoms with van der Waals surface area (Å²) in [7, 11) is 0. The Bertz CT molecular complexity index is 299. The Labute approximate surface area is 105 Å². The van der Waals surface area contributed by atoms with Crippen molar-refractivity contribution >= 4 is 29.5 Å². The quantitative estimate of drug-likeness (QED) is 0.676. The van der Waals surface area contributed by atoms with Gasteiger partial charge in [0.2, 0.25) is 0 Å². The summed E-state index contributed by atoms with van der Waals surface area (Å²) < 4.78 is 5.97. The molecule has 2 nitrogen and oxygen atoms in total. The normalized spacial score (nSPS) is 40.2. The molecular formula is C12H18O2S2. The van der Waals surface area contributed by atoms with E-state index >= 15 is 0 Å². The van der Waals surface area contributed by atoms with Crippen LogP contribution in [0.3, 0.4) is 0 Å². The van der Waals surface area contributed by atoms with Gasteiger partial charge < -0.3 is 4.74 Å². The molecule has 4 rings (SSSR count). The van der Waals surface area contributed by atoms with Crippen LogP contribution >= 0.6 is 23.5 Å². The summed E-state index contributed by atoms with van der Waals surface area (Å²) in [6.45, 7) is 1.54. The van der Waals surface area contributed by atoms with Crippen LogP contribution in [0.5, 0.6) is 0 Å². The van der Waals surface area contributed by atoms with Gasteiger partial charge in [0.05, 0.1) is 4.08 Å². The van der Waals surface area contributed by atoms with Gasteiger partial charge in [0, 0.05) is 18.4 Å². The molecule has 0 unspecified atom stereocenters. The molecule has 1 aliphatic heterocycles. The van der Waals surface area contributed by atoms with Crippen molar-refractivity contribution in [1.29, 1.82) is 0 Å². The fraction of sp³-hybridized carbons (Fsp3) is 0.917. The van der Waals surface area contributed by atoms with Gasteiger partial charge >= 0.3 is 5.97 Å². The van der Waals surface area contributed by atoms with E-state index in [9.17, 15) is 4.79 Å². The van der Waals surface area contributed by atoms with Crippen molar-refractivity contribution in [2.75, 3.05) is 11.5 Å². The molecule has 0 aromatic carbocycles. The SMILES string of the molecule is CC(=O)O[C@H]1C[C@@H]2CC[C@H]1CC21SCCS1. The highest BCUT2D eigenvalue weighted by Crippen LogP contribution is 2.62. The lowest BCUT2D eigenvalue weighted by Crippen LogP contribution is -2.49. The highest BCUT2D eigenvalue weighted by Gasteiger charge is 2.54. The highest BCUT2D eigenvalue weighted by molar-refractivity contribution is 8.21. The van der Waals surface area contributed by atoms with E-state index < -0.39 is 0 Å². The van der Waals surface area contributed by atoms with Gasteiger partial charge in [-0.2, -0.15) is 0 Å². The van der Waals surface area contributed by atoms with E-state index in [2.05, 4.69) is 23.5 Å². The minimum absolute atomic E-state index is 0.0988. The lowest BCUT2D eigenvalue weighted by atomic mass is 9.68. The van der Waals surface area contributed by atoms with Crippen molar-refractivity contribution < 1.29 is 9.53 Å². The monoisotopic (exact) mass is 258 g/mol. The summed E-state index contributed by atoms with van der Waals surface area (Å²) in [4.78, 5) is 11.1. The maximum Gasteiger partial charge on any atom is 0.302 e. The van der Waals surface area contributed by atoms with Crippen molar-refractivity contribution in [2.24, 2.45) is 11.8 Å². The number of carbonyl (C=O) groups is 1. The molecule has 0 radical (unpaired) electrons. The molecule has 3 saturated carbocycles. The Morgan fingerprint density at radius 3 is 2.62 bits per heavy atom. The van der Waals surface area contributed by atoms with Gasteiger partial charge in [0.25, 0.3) is 0 Å². The van der Waals surface area contributed by atoms with Crippen LogP contribution < -0.4 is 0 Å². The number of hydrogen-bond donors (Lipinski definition) is 0. The zero-order chi connectivity index (χ0) is 11.2. The van der Waals surface area contributed by atoms with E-state index in [1.165, 1.54) is 37.7 Å². The zero-order valence-electron chi connectivity index (χ0n) is 9.61. The number of esters is 1. The molecule has 1 spiro atoms.